The number of halogens is 1. The normalized spacial score (nSPS) is 10.0. The van der Waals surface area contributed by atoms with Gasteiger partial charge in [0, 0.05) is 22.8 Å². The molecule has 0 aromatic heterocycles. The molecule has 5 heteroatoms. The van der Waals surface area contributed by atoms with E-state index in [0.29, 0.717) is 0 Å². The van der Waals surface area contributed by atoms with Crippen LogP contribution in [0.3, 0.4) is 0 Å². The lowest BCUT2D eigenvalue weighted by atomic mass is 10.1. The Morgan fingerprint density at radius 1 is 1.00 bits per heavy atom. The van der Waals surface area contributed by atoms with Crippen LogP contribution >= 0.6 is 15.9 Å². The van der Waals surface area contributed by atoms with Gasteiger partial charge >= 0.3 is 0 Å². The highest BCUT2D eigenvalue weighted by Crippen LogP contribution is 2.16. The van der Waals surface area contributed by atoms with Crippen LogP contribution in [0.2, 0.25) is 0 Å². The maximum Gasteiger partial charge on any atom is 0.228 e. The van der Waals surface area contributed by atoms with E-state index < -0.39 is 0 Å². The summed E-state index contributed by atoms with van der Waals surface area (Å²) in [5, 5.41) is 5.53. The number of nitrogens with one attached hydrogen (secondary N) is 2. The molecule has 0 fully saturated rings. The van der Waals surface area contributed by atoms with Gasteiger partial charge in [0.25, 0.3) is 0 Å². The van der Waals surface area contributed by atoms with Crippen LogP contribution < -0.4 is 10.6 Å². The van der Waals surface area contributed by atoms with E-state index in [1.165, 1.54) is 6.92 Å². The average Bonchev–Trinajstić information content (AvgIpc) is 2.40. The Balaban J connectivity index is 1.95. The van der Waals surface area contributed by atoms with E-state index >= 15 is 0 Å². The highest BCUT2D eigenvalue weighted by atomic mass is 79.9. The Morgan fingerprint density at radius 3 is 2.33 bits per heavy atom. The van der Waals surface area contributed by atoms with Gasteiger partial charge in [0.2, 0.25) is 11.8 Å². The van der Waals surface area contributed by atoms with Crippen molar-refractivity contribution in [1.82, 2.24) is 0 Å². The monoisotopic (exact) mass is 346 g/mol. The Labute approximate surface area is 131 Å². The molecule has 0 unspecified atom stereocenters. The minimum Gasteiger partial charge on any atom is -0.326 e. The second-order valence-electron chi connectivity index (χ2n) is 4.61. The van der Waals surface area contributed by atoms with Crippen molar-refractivity contribution in [3.05, 3.63) is 58.6 Å². The molecule has 0 saturated carbocycles. The van der Waals surface area contributed by atoms with Crippen molar-refractivity contribution in [1.29, 1.82) is 0 Å². The first-order valence-corrected chi connectivity index (χ1v) is 7.24. The number of amides is 2. The van der Waals surface area contributed by atoms with Crippen LogP contribution in [-0.4, -0.2) is 11.8 Å². The fourth-order valence-corrected chi connectivity index (χ4v) is 2.27. The summed E-state index contributed by atoms with van der Waals surface area (Å²) in [5.41, 5.74) is 2.36. The fraction of sp³-hybridized carbons (Fsp3) is 0.125. The molecule has 21 heavy (non-hydrogen) atoms. The molecule has 108 valence electrons. The van der Waals surface area contributed by atoms with Gasteiger partial charge in [0.05, 0.1) is 6.42 Å². The van der Waals surface area contributed by atoms with Crippen molar-refractivity contribution in [3.8, 4) is 0 Å². The Bertz CT molecular complexity index is 654. The molecule has 0 aliphatic carbocycles. The number of carbonyl (C=O) groups excluding carboxylic acids is 2. The molecule has 0 heterocycles. The molecule has 4 nitrogen and oxygen atoms in total. The standard InChI is InChI=1S/C16H15BrN2O2/c1-11(20)18-14-7-5-12(6-8-14)9-16(21)19-15-4-2-3-13(17)10-15/h2-8,10H,9H2,1H3,(H,18,20)(H,19,21). The van der Waals surface area contributed by atoms with Crippen LogP contribution in [0.25, 0.3) is 0 Å². The van der Waals surface area contributed by atoms with Crippen LogP contribution in [0.4, 0.5) is 11.4 Å². The largest absolute Gasteiger partial charge is 0.326 e. The van der Waals surface area contributed by atoms with E-state index in [1.807, 2.05) is 36.4 Å². The predicted octanol–water partition coefficient (Wildman–Crippen LogP) is 3.59. The Kier molecular flexibility index (Phi) is 5.11. The number of rotatable bonds is 4. The molecule has 0 radical (unpaired) electrons. The number of carbonyl (C=O) groups is 2. The quantitative estimate of drug-likeness (QED) is 0.888. The highest BCUT2D eigenvalue weighted by Gasteiger charge is 2.05. The van der Waals surface area contributed by atoms with Gasteiger partial charge in [0.15, 0.2) is 0 Å². The SMILES string of the molecule is CC(=O)Nc1ccc(CC(=O)Nc2cccc(Br)c2)cc1. The number of benzene rings is 2. The summed E-state index contributed by atoms with van der Waals surface area (Å²) in [6, 6.07) is 14.7. The maximum absolute atomic E-state index is 12.0. The molecule has 2 rings (SSSR count). The van der Waals surface area contributed by atoms with E-state index in [0.717, 1.165) is 21.4 Å². The van der Waals surface area contributed by atoms with Crippen LogP contribution in [0.1, 0.15) is 12.5 Å². The lowest BCUT2D eigenvalue weighted by Gasteiger charge is -2.07. The molecule has 0 atom stereocenters. The molecule has 0 aliphatic heterocycles. The Hall–Kier alpha value is -2.14. The molecular formula is C16H15BrN2O2. The topological polar surface area (TPSA) is 58.2 Å². The van der Waals surface area contributed by atoms with Crippen molar-refractivity contribution in [2.75, 3.05) is 10.6 Å². The molecule has 0 saturated heterocycles. The minimum absolute atomic E-state index is 0.0830. The van der Waals surface area contributed by atoms with Gasteiger partial charge in [0.1, 0.15) is 0 Å². The lowest BCUT2D eigenvalue weighted by molar-refractivity contribution is -0.116. The van der Waals surface area contributed by atoms with Crippen molar-refractivity contribution < 1.29 is 9.59 Å². The van der Waals surface area contributed by atoms with Gasteiger partial charge in [-0.25, -0.2) is 0 Å². The molecule has 2 N–H and O–H groups in total. The fourth-order valence-electron chi connectivity index (χ4n) is 1.87. The number of hydrogen-bond acceptors (Lipinski definition) is 2. The molecule has 2 aromatic rings. The van der Waals surface area contributed by atoms with E-state index in [1.54, 1.807) is 12.1 Å². The third-order valence-electron chi connectivity index (χ3n) is 2.75. The summed E-state index contributed by atoms with van der Waals surface area (Å²) in [5.74, 6) is -0.199. The summed E-state index contributed by atoms with van der Waals surface area (Å²) < 4.78 is 0.917. The van der Waals surface area contributed by atoms with E-state index in [-0.39, 0.29) is 18.2 Å². The zero-order chi connectivity index (χ0) is 15.2. The summed E-state index contributed by atoms with van der Waals surface area (Å²) in [7, 11) is 0. The van der Waals surface area contributed by atoms with E-state index in [9.17, 15) is 9.59 Å². The second-order valence-corrected chi connectivity index (χ2v) is 5.53. The van der Waals surface area contributed by atoms with Gasteiger partial charge in [-0.1, -0.05) is 34.1 Å². The van der Waals surface area contributed by atoms with Crippen molar-refractivity contribution >= 4 is 39.1 Å². The smallest absolute Gasteiger partial charge is 0.228 e. The molecule has 2 aromatic carbocycles. The van der Waals surface area contributed by atoms with Gasteiger partial charge in [-0.15, -0.1) is 0 Å². The zero-order valence-electron chi connectivity index (χ0n) is 11.5. The highest BCUT2D eigenvalue weighted by molar-refractivity contribution is 9.10. The first-order valence-electron chi connectivity index (χ1n) is 6.45. The maximum atomic E-state index is 12.0. The molecular weight excluding hydrogens is 332 g/mol. The molecule has 2 amide bonds. The van der Waals surface area contributed by atoms with Crippen molar-refractivity contribution in [2.24, 2.45) is 0 Å². The molecule has 0 aliphatic rings. The van der Waals surface area contributed by atoms with E-state index in [4.69, 9.17) is 0 Å². The third kappa shape index (κ3) is 5.04. The number of hydrogen-bond donors (Lipinski definition) is 2. The second kappa shape index (κ2) is 7.04. The van der Waals surface area contributed by atoms with Crippen molar-refractivity contribution in [2.45, 2.75) is 13.3 Å². The summed E-state index contributed by atoms with van der Waals surface area (Å²) in [6.07, 6.45) is 0.285. The van der Waals surface area contributed by atoms with Crippen LogP contribution in [0.15, 0.2) is 53.0 Å². The number of anilines is 2. The summed E-state index contributed by atoms with van der Waals surface area (Å²) in [4.78, 5) is 22.9. The van der Waals surface area contributed by atoms with Gasteiger partial charge in [-0.3, -0.25) is 9.59 Å². The summed E-state index contributed by atoms with van der Waals surface area (Å²) >= 11 is 3.36. The molecule has 0 bridgehead atoms. The first-order chi connectivity index (χ1) is 10.0. The third-order valence-corrected chi connectivity index (χ3v) is 3.24. The van der Waals surface area contributed by atoms with E-state index in [2.05, 4.69) is 26.6 Å². The minimum atomic E-state index is -0.116. The van der Waals surface area contributed by atoms with Gasteiger partial charge < -0.3 is 10.6 Å². The van der Waals surface area contributed by atoms with Crippen LogP contribution in [-0.2, 0) is 16.0 Å². The van der Waals surface area contributed by atoms with Crippen molar-refractivity contribution in [3.63, 3.8) is 0 Å². The molecule has 0 spiro atoms. The van der Waals surface area contributed by atoms with Crippen LogP contribution in [0, 0.1) is 0 Å². The summed E-state index contributed by atoms with van der Waals surface area (Å²) in [6.45, 7) is 1.46. The van der Waals surface area contributed by atoms with Gasteiger partial charge in [-0.2, -0.15) is 0 Å². The predicted molar refractivity (Wildman–Crippen MR) is 87.2 cm³/mol. The van der Waals surface area contributed by atoms with Crippen LogP contribution in [0.5, 0.6) is 0 Å². The lowest BCUT2D eigenvalue weighted by Crippen LogP contribution is -2.14. The Morgan fingerprint density at radius 2 is 1.71 bits per heavy atom. The van der Waals surface area contributed by atoms with Gasteiger partial charge in [-0.05, 0) is 35.9 Å². The first kappa shape index (κ1) is 15.3. The average molecular weight is 347 g/mol. The zero-order valence-corrected chi connectivity index (χ0v) is 13.1.